The van der Waals surface area contributed by atoms with E-state index in [1.54, 1.807) is 0 Å². The third-order valence-corrected chi connectivity index (χ3v) is 3.15. The molecule has 0 saturated heterocycles. The third kappa shape index (κ3) is 2.97. The summed E-state index contributed by atoms with van der Waals surface area (Å²) in [5, 5.41) is 17.4. The van der Waals surface area contributed by atoms with E-state index in [2.05, 4.69) is 0 Å². The van der Waals surface area contributed by atoms with Crippen LogP contribution >= 0.6 is 0 Å². The SMILES string of the molecule is CCCOC(CC(=O)O)CC1C(N)C1(F)C(=O)O. The van der Waals surface area contributed by atoms with Crippen LogP contribution in [0.3, 0.4) is 0 Å². The molecule has 1 aliphatic carbocycles. The molecule has 0 aromatic carbocycles. The average molecular weight is 263 g/mol. The van der Waals surface area contributed by atoms with Crippen molar-refractivity contribution in [2.45, 2.75) is 44.0 Å². The maximum atomic E-state index is 13.8. The lowest BCUT2D eigenvalue weighted by Crippen LogP contribution is -2.26. The second kappa shape index (κ2) is 5.62. The number of hydrogen-bond acceptors (Lipinski definition) is 4. The molecule has 1 saturated carbocycles. The van der Waals surface area contributed by atoms with Gasteiger partial charge in [-0.05, 0) is 12.8 Å². The van der Waals surface area contributed by atoms with Crippen LogP contribution < -0.4 is 5.73 Å². The van der Waals surface area contributed by atoms with Gasteiger partial charge >= 0.3 is 11.9 Å². The zero-order chi connectivity index (χ0) is 13.9. The van der Waals surface area contributed by atoms with Crippen molar-refractivity contribution in [2.24, 2.45) is 11.7 Å². The molecule has 4 unspecified atom stereocenters. The Labute approximate surface area is 104 Å². The van der Waals surface area contributed by atoms with E-state index in [1.807, 2.05) is 6.92 Å². The van der Waals surface area contributed by atoms with Crippen LogP contribution in [0.25, 0.3) is 0 Å². The molecule has 0 heterocycles. The lowest BCUT2D eigenvalue weighted by Gasteiger charge is -2.15. The Morgan fingerprint density at radius 2 is 2.11 bits per heavy atom. The lowest BCUT2D eigenvalue weighted by molar-refractivity contribution is -0.145. The third-order valence-electron chi connectivity index (χ3n) is 3.15. The summed E-state index contributed by atoms with van der Waals surface area (Å²) in [7, 11) is 0. The number of carboxylic acids is 2. The molecular weight excluding hydrogens is 245 g/mol. The maximum absolute atomic E-state index is 13.8. The zero-order valence-electron chi connectivity index (χ0n) is 10.1. The number of carbonyl (C=O) groups is 2. The summed E-state index contributed by atoms with van der Waals surface area (Å²) < 4.78 is 19.1. The number of ether oxygens (including phenoxy) is 1. The molecule has 1 rings (SSSR count). The Hall–Kier alpha value is -1.21. The summed E-state index contributed by atoms with van der Waals surface area (Å²) in [5.41, 5.74) is 2.96. The summed E-state index contributed by atoms with van der Waals surface area (Å²) in [6.07, 6.45) is -0.266. The molecule has 0 aromatic rings. The molecule has 7 heteroatoms. The Kier molecular flexibility index (Phi) is 4.64. The van der Waals surface area contributed by atoms with Gasteiger partial charge in [-0.25, -0.2) is 9.18 Å². The van der Waals surface area contributed by atoms with Gasteiger partial charge in [-0.15, -0.1) is 0 Å². The van der Waals surface area contributed by atoms with Crippen molar-refractivity contribution >= 4 is 11.9 Å². The maximum Gasteiger partial charge on any atom is 0.343 e. The van der Waals surface area contributed by atoms with Crippen LogP contribution in [0.4, 0.5) is 4.39 Å². The van der Waals surface area contributed by atoms with Gasteiger partial charge in [-0.2, -0.15) is 0 Å². The zero-order valence-corrected chi connectivity index (χ0v) is 10.1. The quantitative estimate of drug-likeness (QED) is 0.584. The fourth-order valence-electron chi connectivity index (χ4n) is 2.04. The Bertz CT molecular complexity index is 337. The monoisotopic (exact) mass is 263 g/mol. The van der Waals surface area contributed by atoms with Crippen LogP contribution in [0, 0.1) is 5.92 Å². The molecule has 0 amide bonds. The molecule has 1 aliphatic rings. The largest absolute Gasteiger partial charge is 0.481 e. The first-order chi connectivity index (χ1) is 8.33. The Morgan fingerprint density at radius 1 is 1.50 bits per heavy atom. The minimum Gasteiger partial charge on any atom is -0.481 e. The van der Waals surface area contributed by atoms with Crippen molar-refractivity contribution in [1.29, 1.82) is 0 Å². The van der Waals surface area contributed by atoms with E-state index in [4.69, 9.17) is 20.7 Å². The molecule has 6 nitrogen and oxygen atoms in total. The van der Waals surface area contributed by atoms with Crippen LogP contribution in [0.1, 0.15) is 26.2 Å². The Morgan fingerprint density at radius 3 is 2.50 bits per heavy atom. The van der Waals surface area contributed by atoms with Gasteiger partial charge in [0, 0.05) is 12.5 Å². The highest BCUT2D eigenvalue weighted by Gasteiger charge is 2.70. The molecule has 4 atom stereocenters. The van der Waals surface area contributed by atoms with E-state index >= 15 is 0 Å². The standard InChI is InChI=1S/C11H18FNO5/c1-2-3-18-6(5-8(14)15)4-7-9(13)11(7,12)10(16)17/h6-7,9H,2-5,13H2,1H3,(H,14,15)(H,16,17). The van der Waals surface area contributed by atoms with E-state index in [-0.39, 0.29) is 12.8 Å². The van der Waals surface area contributed by atoms with Gasteiger partial charge in [0.25, 0.3) is 0 Å². The van der Waals surface area contributed by atoms with Gasteiger partial charge in [0.1, 0.15) is 0 Å². The molecule has 4 N–H and O–H groups in total. The molecule has 0 bridgehead atoms. The number of carboxylic acid groups (broad SMARTS) is 2. The minimum atomic E-state index is -2.44. The van der Waals surface area contributed by atoms with Crippen molar-refractivity contribution in [3.05, 3.63) is 0 Å². The van der Waals surface area contributed by atoms with Gasteiger partial charge in [0.2, 0.25) is 5.67 Å². The van der Waals surface area contributed by atoms with E-state index in [1.165, 1.54) is 0 Å². The van der Waals surface area contributed by atoms with Crippen LogP contribution in [0.15, 0.2) is 0 Å². The average Bonchev–Trinajstić information content (AvgIpc) is 2.79. The number of nitrogens with two attached hydrogens (primary N) is 1. The first-order valence-corrected chi connectivity index (χ1v) is 5.85. The summed E-state index contributed by atoms with van der Waals surface area (Å²) in [4.78, 5) is 21.3. The van der Waals surface area contributed by atoms with Crippen LogP contribution in [-0.2, 0) is 14.3 Å². The van der Waals surface area contributed by atoms with Crippen LogP contribution in [0.5, 0.6) is 0 Å². The van der Waals surface area contributed by atoms with E-state index in [9.17, 15) is 14.0 Å². The molecule has 0 radical (unpaired) electrons. The minimum absolute atomic E-state index is 0.0102. The van der Waals surface area contributed by atoms with Crippen molar-refractivity contribution in [3.8, 4) is 0 Å². The summed E-state index contributed by atoms with van der Waals surface area (Å²) in [6.45, 7) is 2.21. The number of halogens is 1. The van der Waals surface area contributed by atoms with Crippen molar-refractivity contribution in [3.63, 3.8) is 0 Å². The fourth-order valence-corrected chi connectivity index (χ4v) is 2.04. The molecule has 0 aromatic heterocycles. The highest BCUT2D eigenvalue weighted by molar-refractivity contribution is 5.83. The summed E-state index contributed by atoms with van der Waals surface area (Å²) in [5.74, 6) is -3.54. The van der Waals surface area contributed by atoms with Crippen LogP contribution in [-0.4, -0.2) is 46.6 Å². The highest BCUT2D eigenvalue weighted by atomic mass is 19.1. The van der Waals surface area contributed by atoms with Crippen LogP contribution in [0.2, 0.25) is 0 Å². The second-order valence-electron chi connectivity index (χ2n) is 4.53. The van der Waals surface area contributed by atoms with Crippen molar-refractivity contribution in [2.75, 3.05) is 6.61 Å². The molecule has 0 aliphatic heterocycles. The van der Waals surface area contributed by atoms with Crippen molar-refractivity contribution < 1.29 is 28.9 Å². The van der Waals surface area contributed by atoms with Gasteiger partial charge < -0.3 is 20.7 Å². The Balaban J connectivity index is 2.57. The smallest absolute Gasteiger partial charge is 0.343 e. The molecular formula is C11H18FNO5. The van der Waals surface area contributed by atoms with E-state index < -0.39 is 35.7 Å². The number of rotatable bonds is 8. The predicted octanol–water partition coefficient (Wildman–Crippen LogP) is 0.396. The van der Waals surface area contributed by atoms with E-state index in [0.717, 1.165) is 0 Å². The van der Waals surface area contributed by atoms with Gasteiger partial charge in [-0.1, -0.05) is 6.92 Å². The van der Waals surface area contributed by atoms with Gasteiger partial charge in [0.05, 0.1) is 18.6 Å². The van der Waals surface area contributed by atoms with E-state index in [0.29, 0.717) is 13.0 Å². The molecule has 104 valence electrons. The number of hydrogen-bond donors (Lipinski definition) is 3. The highest BCUT2D eigenvalue weighted by Crippen LogP contribution is 2.49. The number of aliphatic carboxylic acids is 2. The molecule has 0 spiro atoms. The van der Waals surface area contributed by atoms with Crippen molar-refractivity contribution in [1.82, 2.24) is 0 Å². The predicted molar refractivity (Wildman–Crippen MR) is 59.8 cm³/mol. The fraction of sp³-hybridized carbons (Fsp3) is 0.818. The van der Waals surface area contributed by atoms with Gasteiger partial charge in [-0.3, -0.25) is 4.79 Å². The topological polar surface area (TPSA) is 110 Å². The van der Waals surface area contributed by atoms with Gasteiger partial charge in [0.15, 0.2) is 0 Å². The summed E-state index contributed by atoms with van der Waals surface area (Å²) in [6, 6.07) is -1.09. The first kappa shape index (κ1) is 14.8. The molecule has 1 fully saturated rings. The molecule has 18 heavy (non-hydrogen) atoms. The second-order valence-corrected chi connectivity index (χ2v) is 4.53. The summed E-state index contributed by atoms with van der Waals surface area (Å²) >= 11 is 0. The number of alkyl halides is 1. The lowest BCUT2D eigenvalue weighted by atomic mass is 10.1. The first-order valence-electron chi connectivity index (χ1n) is 5.85. The normalized spacial score (nSPS) is 31.9.